The Morgan fingerprint density at radius 2 is 2.13 bits per heavy atom. The molecular weight excluding hydrogens is 194 g/mol. The number of aliphatic hydroxyl groups excluding tert-OH is 1. The molecule has 0 heterocycles. The Balaban J connectivity index is 4.12. The quantitative estimate of drug-likeness (QED) is 0.557. The minimum absolute atomic E-state index is 0.155. The highest BCUT2D eigenvalue weighted by Crippen LogP contribution is 2.10. The van der Waals surface area contributed by atoms with Crippen LogP contribution in [0.4, 0.5) is 4.79 Å². The number of ether oxygens (including phenoxy) is 1. The van der Waals surface area contributed by atoms with E-state index in [1.54, 1.807) is 26.8 Å². The van der Waals surface area contributed by atoms with Crippen LogP contribution in [0.5, 0.6) is 0 Å². The number of amides is 1. The van der Waals surface area contributed by atoms with E-state index in [0.29, 0.717) is 6.42 Å². The molecule has 2 N–H and O–H groups in total. The molecule has 0 aromatic heterocycles. The number of carbonyl (C=O) groups is 1. The molecule has 0 spiro atoms. The average Bonchev–Trinajstić information content (AvgIpc) is 2.02. The van der Waals surface area contributed by atoms with Crippen LogP contribution >= 0.6 is 0 Å². The van der Waals surface area contributed by atoms with Gasteiger partial charge in [0.15, 0.2) is 0 Å². The Kier molecular flexibility index (Phi) is 5.36. The lowest BCUT2D eigenvalue weighted by atomic mass is 10.1. The van der Waals surface area contributed by atoms with E-state index in [-0.39, 0.29) is 5.92 Å². The molecular formula is C11H21NO3. The molecule has 2 atom stereocenters. The smallest absolute Gasteiger partial charge is 0.409 e. The molecule has 0 radical (unpaired) electrons. The van der Waals surface area contributed by atoms with Gasteiger partial charge in [-0.05, 0) is 27.2 Å². The van der Waals surface area contributed by atoms with Crippen molar-refractivity contribution in [1.29, 1.82) is 0 Å². The van der Waals surface area contributed by atoms with E-state index >= 15 is 0 Å². The van der Waals surface area contributed by atoms with Gasteiger partial charge in [0.25, 0.3) is 0 Å². The van der Waals surface area contributed by atoms with Crippen molar-refractivity contribution in [2.45, 2.75) is 45.9 Å². The molecule has 1 unspecified atom stereocenters. The zero-order valence-corrected chi connectivity index (χ0v) is 9.91. The average molecular weight is 215 g/mol. The number of hydrogen-bond acceptors (Lipinski definition) is 3. The molecule has 1 amide bonds. The minimum Gasteiger partial charge on any atom is -0.444 e. The summed E-state index contributed by atoms with van der Waals surface area (Å²) in [4.78, 5) is 11.3. The summed E-state index contributed by atoms with van der Waals surface area (Å²) in [7, 11) is 0. The molecule has 0 saturated heterocycles. The second kappa shape index (κ2) is 5.75. The van der Waals surface area contributed by atoms with Crippen LogP contribution in [0.1, 0.15) is 34.1 Å². The molecule has 0 bridgehead atoms. The Bertz CT molecular complexity index is 220. The summed E-state index contributed by atoms with van der Waals surface area (Å²) in [5, 5.41) is 12.0. The summed E-state index contributed by atoms with van der Waals surface area (Å²) in [6, 6.07) is 0. The van der Waals surface area contributed by atoms with Crippen LogP contribution in [-0.2, 0) is 4.74 Å². The van der Waals surface area contributed by atoms with Crippen LogP contribution in [0.25, 0.3) is 0 Å². The van der Waals surface area contributed by atoms with Crippen LogP contribution in [0.15, 0.2) is 12.7 Å². The monoisotopic (exact) mass is 215 g/mol. The van der Waals surface area contributed by atoms with Gasteiger partial charge in [0.05, 0.1) is 0 Å². The zero-order chi connectivity index (χ0) is 12.1. The van der Waals surface area contributed by atoms with Crippen molar-refractivity contribution >= 4 is 6.09 Å². The van der Waals surface area contributed by atoms with E-state index in [1.807, 2.05) is 6.92 Å². The van der Waals surface area contributed by atoms with Crippen LogP contribution in [-0.4, -0.2) is 23.0 Å². The first-order valence-electron chi connectivity index (χ1n) is 5.10. The largest absolute Gasteiger partial charge is 0.444 e. The third-order valence-electron chi connectivity index (χ3n) is 1.84. The predicted molar refractivity (Wildman–Crippen MR) is 59.4 cm³/mol. The third-order valence-corrected chi connectivity index (χ3v) is 1.84. The molecule has 0 aromatic carbocycles. The summed E-state index contributed by atoms with van der Waals surface area (Å²) in [5.41, 5.74) is -0.556. The highest BCUT2D eigenvalue weighted by molar-refractivity contribution is 5.67. The highest BCUT2D eigenvalue weighted by atomic mass is 16.6. The minimum atomic E-state index is -0.942. The maximum atomic E-state index is 11.3. The van der Waals surface area contributed by atoms with Crippen LogP contribution in [0.3, 0.4) is 0 Å². The van der Waals surface area contributed by atoms with Gasteiger partial charge in [-0.2, -0.15) is 0 Å². The van der Waals surface area contributed by atoms with E-state index in [1.165, 1.54) is 0 Å². The second-order valence-corrected chi connectivity index (χ2v) is 4.40. The molecule has 15 heavy (non-hydrogen) atoms. The van der Waals surface area contributed by atoms with Crippen molar-refractivity contribution in [3.63, 3.8) is 0 Å². The van der Waals surface area contributed by atoms with Crippen molar-refractivity contribution in [1.82, 2.24) is 5.32 Å². The first-order chi connectivity index (χ1) is 6.80. The van der Waals surface area contributed by atoms with Crippen molar-refractivity contribution in [2.75, 3.05) is 0 Å². The van der Waals surface area contributed by atoms with E-state index in [9.17, 15) is 9.90 Å². The first-order valence-corrected chi connectivity index (χ1v) is 5.10. The predicted octanol–water partition coefficient (Wildman–Crippen LogP) is 2.04. The number of nitrogens with one attached hydrogen (secondary N) is 1. The van der Waals surface area contributed by atoms with Crippen molar-refractivity contribution in [3.8, 4) is 0 Å². The molecule has 0 aliphatic rings. The Morgan fingerprint density at radius 3 is 2.47 bits per heavy atom. The maximum Gasteiger partial charge on any atom is 0.409 e. The molecule has 4 nitrogen and oxygen atoms in total. The summed E-state index contributed by atoms with van der Waals surface area (Å²) >= 11 is 0. The normalized spacial score (nSPS) is 15.3. The SMILES string of the molecule is C=C[C@@H](CC)C(O)NC(=O)OC(C)(C)C. The van der Waals surface area contributed by atoms with Gasteiger partial charge in [0.1, 0.15) is 11.8 Å². The van der Waals surface area contributed by atoms with E-state index in [2.05, 4.69) is 11.9 Å². The molecule has 0 rings (SSSR count). The number of hydrogen-bond donors (Lipinski definition) is 2. The van der Waals surface area contributed by atoms with Gasteiger partial charge in [-0.3, -0.25) is 5.32 Å². The van der Waals surface area contributed by atoms with Crippen LogP contribution < -0.4 is 5.32 Å². The molecule has 4 heteroatoms. The topological polar surface area (TPSA) is 58.6 Å². The van der Waals surface area contributed by atoms with Crippen molar-refractivity contribution in [2.24, 2.45) is 5.92 Å². The van der Waals surface area contributed by atoms with Gasteiger partial charge in [-0.1, -0.05) is 13.0 Å². The van der Waals surface area contributed by atoms with Gasteiger partial charge in [-0.25, -0.2) is 4.79 Å². The van der Waals surface area contributed by atoms with E-state index in [4.69, 9.17) is 4.74 Å². The summed E-state index contributed by atoms with van der Waals surface area (Å²) in [6.07, 6.45) is 0.764. The van der Waals surface area contributed by atoms with Crippen molar-refractivity contribution in [3.05, 3.63) is 12.7 Å². The molecule has 0 aliphatic heterocycles. The third kappa shape index (κ3) is 6.12. The van der Waals surface area contributed by atoms with Crippen molar-refractivity contribution < 1.29 is 14.6 Å². The summed E-state index contributed by atoms with van der Waals surface area (Å²) in [6.45, 7) is 10.8. The number of aliphatic hydroxyl groups is 1. The van der Waals surface area contributed by atoms with Gasteiger partial charge < -0.3 is 9.84 Å². The molecule has 88 valence electrons. The molecule has 0 aliphatic carbocycles. The van der Waals surface area contributed by atoms with Gasteiger partial charge >= 0.3 is 6.09 Å². The number of carbonyl (C=O) groups excluding carboxylic acids is 1. The van der Waals surface area contributed by atoms with Gasteiger partial charge in [0, 0.05) is 5.92 Å². The fourth-order valence-electron chi connectivity index (χ4n) is 1.05. The molecule has 0 aromatic rings. The highest BCUT2D eigenvalue weighted by Gasteiger charge is 2.21. The maximum absolute atomic E-state index is 11.3. The fraction of sp³-hybridized carbons (Fsp3) is 0.727. The van der Waals surface area contributed by atoms with E-state index in [0.717, 1.165) is 0 Å². The second-order valence-electron chi connectivity index (χ2n) is 4.40. The number of rotatable bonds is 4. The summed E-state index contributed by atoms with van der Waals surface area (Å²) in [5.74, 6) is -0.155. The first kappa shape index (κ1) is 14.0. The lowest BCUT2D eigenvalue weighted by molar-refractivity contribution is 0.0275. The van der Waals surface area contributed by atoms with E-state index < -0.39 is 17.9 Å². The number of alkyl carbamates (subject to hydrolysis) is 1. The van der Waals surface area contributed by atoms with Gasteiger partial charge in [0.2, 0.25) is 0 Å². The zero-order valence-electron chi connectivity index (χ0n) is 9.91. The fourth-order valence-corrected chi connectivity index (χ4v) is 1.05. The molecule has 0 saturated carbocycles. The Morgan fingerprint density at radius 1 is 1.60 bits per heavy atom. The summed E-state index contributed by atoms with van der Waals surface area (Å²) < 4.78 is 5.00. The van der Waals surface area contributed by atoms with Gasteiger partial charge in [-0.15, -0.1) is 6.58 Å². The lowest BCUT2D eigenvalue weighted by Crippen LogP contribution is -2.42. The Hall–Kier alpha value is -1.03. The van der Waals surface area contributed by atoms with Crippen LogP contribution in [0, 0.1) is 5.92 Å². The Labute approximate surface area is 91.3 Å². The standard InChI is InChI=1S/C11H21NO3/c1-6-8(7-2)9(13)12-10(14)15-11(3,4)5/h6,8-9,13H,1,7H2,2-5H3,(H,12,14)/t8-,9?/m0/s1. The lowest BCUT2D eigenvalue weighted by Gasteiger charge is -2.23. The van der Waals surface area contributed by atoms with Crippen LogP contribution in [0.2, 0.25) is 0 Å². The molecule has 0 fully saturated rings.